The highest BCUT2D eigenvalue weighted by Crippen LogP contribution is 2.25. The van der Waals surface area contributed by atoms with Crippen LogP contribution in [0.4, 0.5) is 16.2 Å². The number of nitrogens with zero attached hydrogens (tertiary/aromatic N) is 2. The monoisotopic (exact) mass is 346 g/mol. The largest absolute Gasteiger partial charge is 0.323 e. The number of rotatable bonds is 3. The molecule has 0 saturated heterocycles. The van der Waals surface area contributed by atoms with Gasteiger partial charge in [-0.15, -0.1) is 0 Å². The summed E-state index contributed by atoms with van der Waals surface area (Å²) < 4.78 is 1.87. The lowest BCUT2D eigenvalue weighted by molar-refractivity contribution is 0.262. The number of hydrogen-bond donors (Lipinski definition) is 2. The number of benzene rings is 2. The molecule has 2 N–H and O–H groups in total. The zero-order chi connectivity index (χ0) is 16.2. The van der Waals surface area contributed by atoms with E-state index in [9.17, 15) is 4.79 Å². The maximum Gasteiger partial charge on any atom is 0.323 e. The van der Waals surface area contributed by atoms with E-state index in [1.54, 1.807) is 42.9 Å². The molecule has 5 nitrogen and oxygen atoms in total. The molecule has 0 radical (unpaired) electrons. The van der Waals surface area contributed by atoms with Crippen molar-refractivity contribution >= 4 is 40.6 Å². The molecule has 1 heterocycles. The Morgan fingerprint density at radius 1 is 1.04 bits per heavy atom. The van der Waals surface area contributed by atoms with Crippen LogP contribution in [0.1, 0.15) is 0 Å². The van der Waals surface area contributed by atoms with E-state index in [0.29, 0.717) is 21.4 Å². The Bertz CT molecular complexity index is 817. The van der Waals surface area contributed by atoms with Gasteiger partial charge in [0, 0.05) is 28.8 Å². The first-order valence-electron chi connectivity index (χ1n) is 6.73. The molecule has 2 aromatic carbocycles. The third-order valence-electron chi connectivity index (χ3n) is 3.10. The fourth-order valence-electron chi connectivity index (χ4n) is 2.01. The molecular formula is C16H12Cl2N4O. The van der Waals surface area contributed by atoms with Crippen molar-refractivity contribution in [2.45, 2.75) is 0 Å². The van der Waals surface area contributed by atoms with E-state index in [1.807, 2.05) is 22.9 Å². The number of halogens is 2. The number of hydrogen-bond acceptors (Lipinski definition) is 2. The van der Waals surface area contributed by atoms with Gasteiger partial charge in [-0.2, -0.15) is 0 Å². The summed E-state index contributed by atoms with van der Waals surface area (Å²) in [6.07, 6.45) is 5.25. The SMILES string of the molecule is O=C(Nc1ccc(-n2ccnc2)cc1)Nc1cc(Cl)ccc1Cl. The van der Waals surface area contributed by atoms with Gasteiger partial charge in [-0.05, 0) is 42.5 Å². The van der Waals surface area contributed by atoms with Crippen molar-refractivity contribution in [2.24, 2.45) is 0 Å². The zero-order valence-corrected chi connectivity index (χ0v) is 13.3. The van der Waals surface area contributed by atoms with Crippen molar-refractivity contribution in [3.63, 3.8) is 0 Å². The third-order valence-corrected chi connectivity index (χ3v) is 3.67. The minimum absolute atomic E-state index is 0.399. The van der Waals surface area contributed by atoms with Crippen LogP contribution >= 0.6 is 23.2 Å². The molecule has 0 bridgehead atoms. The topological polar surface area (TPSA) is 59.0 Å². The summed E-state index contributed by atoms with van der Waals surface area (Å²) in [5.41, 5.74) is 2.06. The molecule has 0 spiro atoms. The highest BCUT2D eigenvalue weighted by atomic mass is 35.5. The second kappa shape index (κ2) is 6.73. The Hall–Kier alpha value is -2.50. The lowest BCUT2D eigenvalue weighted by atomic mass is 10.3. The molecule has 1 aromatic heterocycles. The molecule has 0 fully saturated rings. The summed E-state index contributed by atoms with van der Waals surface area (Å²) in [6.45, 7) is 0. The molecule has 0 unspecified atom stereocenters. The molecule has 116 valence electrons. The van der Waals surface area contributed by atoms with E-state index in [2.05, 4.69) is 15.6 Å². The summed E-state index contributed by atoms with van der Waals surface area (Å²) in [5.74, 6) is 0. The van der Waals surface area contributed by atoms with Crippen molar-refractivity contribution in [1.29, 1.82) is 0 Å². The summed E-state index contributed by atoms with van der Waals surface area (Å²) in [6, 6.07) is 11.8. The number of urea groups is 1. The Morgan fingerprint density at radius 2 is 1.83 bits per heavy atom. The van der Waals surface area contributed by atoms with Gasteiger partial charge >= 0.3 is 6.03 Å². The van der Waals surface area contributed by atoms with E-state index < -0.39 is 6.03 Å². The minimum atomic E-state index is -0.399. The second-order valence-electron chi connectivity index (χ2n) is 4.72. The average Bonchev–Trinajstić information content (AvgIpc) is 3.06. The van der Waals surface area contributed by atoms with Crippen LogP contribution in [0, 0.1) is 0 Å². The first-order valence-corrected chi connectivity index (χ1v) is 7.49. The van der Waals surface area contributed by atoms with Crippen molar-refractivity contribution in [3.8, 4) is 5.69 Å². The van der Waals surface area contributed by atoms with Gasteiger partial charge in [-0.25, -0.2) is 9.78 Å². The highest BCUT2D eigenvalue weighted by Gasteiger charge is 2.07. The number of nitrogens with one attached hydrogen (secondary N) is 2. The molecule has 23 heavy (non-hydrogen) atoms. The molecule has 7 heteroatoms. The fourth-order valence-corrected chi connectivity index (χ4v) is 2.34. The Kier molecular flexibility index (Phi) is 4.50. The maximum absolute atomic E-state index is 12.0. The second-order valence-corrected chi connectivity index (χ2v) is 5.56. The van der Waals surface area contributed by atoms with Crippen LogP contribution < -0.4 is 10.6 Å². The van der Waals surface area contributed by atoms with Crippen LogP contribution in [0.25, 0.3) is 5.69 Å². The van der Waals surface area contributed by atoms with E-state index >= 15 is 0 Å². The van der Waals surface area contributed by atoms with Crippen LogP contribution in [0.15, 0.2) is 61.2 Å². The van der Waals surface area contributed by atoms with Crippen molar-refractivity contribution < 1.29 is 4.79 Å². The standard InChI is InChI=1S/C16H12Cl2N4O/c17-11-1-6-14(18)15(9-11)21-16(23)20-12-2-4-13(5-3-12)22-8-7-19-10-22/h1-10H,(H2,20,21,23). The molecule has 2 amide bonds. The van der Waals surface area contributed by atoms with Gasteiger partial charge in [0.15, 0.2) is 0 Å². The molecule has 0 aliphatic carbocycles. The normalized spacial score (nSPS) is 10.3. The molecular weight excluding hydrogens is 335 g/mol. The van der Waals surface area contributed by atoms with Gasteiger partial charge in [-0.3, -0.25) is 0 Å². The zero-order valence-electron chi connectivity index (χ0n) is 11.8. The highest BCUT2D eigenvalue weighted by molar-refractivity contribution is 6.35. The summed E-state index contributed by atoms with van der Waals surface area (Å²) in [7, 11) is 0. The van der Waals surface area contributed by atoms with Gasteiger partial charge < -0.3 is 15.2 Å². The Morgan fingerprint density at radius 3 is 2.52 bits per heavy atom. The van der Waals surface area contributed by atoms with Gasteiger partial charge in [0.05, 0.1) is 17.0 Å². The van der Waals surface area contributed by atoms with Crippen LogP contribution in [-0.4, -0.2) is 15.6 Å². The van der Waals surface area contributed by atoms with E-state index in [-0.39, 0.29) is 0 Å². The van der Waals surface area contributed by atoms with Crippen LogP contribution in [0.3, 0.4) is 0 Å². The quantitative estimate of drug-likeness (QED) is 0.713. The van der Waals surface area contributed by atoms with Crippen LogP contribution in [0.2, 0.25) is 10.0 Å². The minimum Gasteiger partial charge on any atom is -0.308 e. The summed E-state index contributed by atoms with van der Waals surface area (Å²) >= 11 is 11.9. The molecule has 3 rings (SSSR count). The maximum atomic E-state index is 12.0. The van der Waals surface area contributed by atoms with E-state index in [0.717, 1.165) is 5.69 Å². The Balaban J connectivity index is 1.67. The number of carbonyl (C=O) groups is 1. The van der Waals surface area contributed by atoms with Crippen molar-refractivity contribution in [2.75, 3.05) is 10.6 Å². The first-order chi connectivity index (χ1) is 11.1. The summed E-state index contributed by atoms with van der Waals surface area (Å²) in [4.78, 5) is 16.0. The van der Waals surface area contributed by atoms with Crippen LogP contribution in [0.5, 0.6) is 0 Å². The first kappa shape index (κ1) is 15.4. The smallest absolute Gasteiger partial charge is 0.308 e. The van der Waals surface area contributed by atoms with Gasteiger partial charge in [0.25, 0.3) is 0 Å². The van der Waals surface area contributed by atoms with E-state index in [1.165, 1.54) is 0 Å². The number of aromatic nitrogens is 2. The molecule has 0 aliphatic rings. The fraction of sp³-hybridized carbons (Fsp3) is 0. The molecule has 0 atom stereocenters. The van der Waals surface area contributed by atoms with E-state index in [4.69, 9.17) is 23.2 Å². The number of amides is 2. The molecule has 0 aliphatic heterocycles. The number of carbonyl (C=O) groups excluding carboxylic acids is 1. The number of anilines is 2. The Labute approximate surface area is 142 Å². The van der Waals surface area contributed by atoms with Gasteiger partial charge in [0.2, 0.25) is 0 Å². The predicted molar refractivity (Wildman–Crippen MR) is 92.7 cm³/mol. The van der Waals surface area contributed by atoms with Crippen molar-refractivity contribution in [3.05, 3.63) is 71.2 Å². The lowest BCUT2D eigenvalue weighted by Gasteiger charge is -2.10. The van der Waals surface area contributed by atoms with Crippen molar-refractivity contribution in [1.82, 2.24) is 9.55 Å². The lowest BCUT2D eigenvalue weighted by Crippen LogP contribution is -2.19. The van der Waals surface area contributed by atoms with Gasteiger partial charge in [0.1, 0.15) is 0 Å². The average molecular weight is 347 g/mol. The summed E-state index contributed by atoms with van der Waals surface area (Å²) in [5, 5.41) is 6.30. The molecule has 0 saturated carbocycles. The van der Waals surface area contributed by atoms with Gasteiger partial charge in [-0.1, -0.05) is 23.2 Å². The third kappa shape index (κ3) is 3.83. The van der Waals surface area contributed by atoms with Crippen LogP contribution in [-0.2, 0) is 0 Å². The molecule has 3 aromatic rings. The number of imidazole rings is 1. The predicted octanol–water partition coefficient (Wildman–Crippen LogP) is 4.82.